The van der Waals surface area contributed by atoms with E-state index in [1.165, 1.54) is 0 Å². The van der Waals surface area contributed by atoms with Crippen LogP contribution in [0.4, 0.5) is 10.2 Å². The zero-order valence-corrected chi connectivity index (χ0v) is 11.6. The molecule has 4 N–H and O–H groups in total. The molecule has 0 bridgehead atoms. The first-order valence-electron chi connectivity index (χ1n) is 6.97. The van der Waals surface area contributed by atoms with Crippen LogP contribution >= 0.6 is 0 Å². The number of aromatic nitrogens is 2. The summed E-state index contributed by atoms with van der Waals surface area (Å²) in [5.74, 6) is -1.56. The molecule has 2 fully saturated rings. The Hall–Kier alpha value is -1.84. The molecule has 1 aliphatic heterocycles. The average Bonchev–Trinajstić information content (AvgIpc) is 3.27. The van der Waals surface area contributed by atoms with Gasteiger partial charge in [-0.2, -0.15) is 4.98 Å². The third kappa shape index (κ3) is 2.62. The Bertz CT molecular complexity index is 660. The number of nitrogen functional groups attached to an aromatic ring is 1. The molecule has 8 nitrogen and oxygen atoms in total. The summed E-state index contributed by atoms with van der Waals surface area (Å²) in [6.07, 6.45) is -2.74. The lowest BCUT2D eigenvalue weighted by Gasteiger charge is -2.17. The topological polar surface area (TPSA) is 128 Å². The number of anilines is 1. The molecule has 22 heavy (non-hydrogen) atoms. The lowest BCUT2D eigenvalue weighted by atomic mass is 10.0. The Morgan fingerprint density at radius 3 is 2.77 bits per heavy atom. The van der Waals surface area contributed by atoms with Gasteiger partial charge in [0.15, 0.2) is 17.9 Å². The van der Waals surface area contributed by atoms with Crippen LogP contribution in [-0.2, 0) is 9.53 Å². The Morgan fingerprint density at radius 1 is 1.45 bits per heavy atom. The molecule has 2 aliphatic rings. The third-order valence-electron chi connectivity index (χ3n) is 3.98. The van der Waals surface area contributed by atoms with Gasteiger partial charge in [-0.25, -0.2) is 9.18 Å². The van der Waals surface area contributed by atoms with Crippen LogP contribution in [0.2, 0.25) is 0 Å². The van der Waals surface area contributed by atoms with Crippen molar-refractivity contribution in [3.63, 3.8) is 0 Å². The van der Waals surface area contributed by atoms with E-state index in [1.54, 1.807) is 0 Å². The van der Waals surface area contributed by atoms with E-state index >= 15 is 0 Å². The number of aliphatic hydroxyl groups is 2. The highest BCUT2D eigenvalue weighted by molar-refractivity contribution is 5.83. The van der Waals surface area contributed by atoms with Crippen LogP contribution in [0.3, 0.4) is 0 Å². The Labute approximate surface area is 124 Å². The SMILES string of the molecule is Nc1nc(=O)n([C@@H]2O[C@H](CC(=O)C3CC3)[C@@H](O)[C@H]2O)cc1F. The minimum Gasteiger partial charge on any atom is -0.388 e. The molecule has 3 rings (SSSR count). The fourth-order valence-corrected chi connectivity index (χ4v) is 2.54. The summed E-state index contributed by atoms with van der Waals surface area (Å²) in [5, 5.41) is 20.0. The quantitative estimate of drug-likeness (QED) is 0.647. The molecular weight excluding hydrogens is 297 g/mol. The maximum Gasteiger partial charge on any atom is 0.351 e. The van der Waals surface area contributed by atoms with Crippen LogP contribution in [-0.4, -0.2) is 43.9 Å². The molecule has 1 saturated heterocycles. The molecule has 0 unspecified atom stereocenters. The van der Waals surface area contributed by atoms with Gasteiger partial charge in [-0.05, 0) is 12.8 Å². The van der Waals surface area contributed by atoms with E-state index in [0.29, 0.717) is 0 Å². The van der Waals surface area contributed by atoms with Crippen LogP contribution in [0.25, 0.3) is 0 Å². The zero-order valence-electron chi connectivity index (χ0n) is 11.6. The number of nitrogens with two attached hydrogens (primary N) is 1. The van der Waals surface area contributed by atoms with Crippen molar-refractivity contribution in [1.29, 1.82) is 0 Å². The monoisotopic (exact) mass is 313 g/mol. The number of rotatable bonds is 4. The second-order valence-electron chi connectivity index (χ2n) is 5.65. The van der Waals surface area contributed by atoms with Gasteiger partial charge in [0.2, 0.25) is 0 Å². The number of hydrogen-bond donors (Lipinski definition) is 3. The maximum absolute atomic E-state index is 13.5. The molecule has 0 spiro atoms. The van der Waals surface area contributed by atoms with Crippen molar-refractivity contribution in [3.8, 4) is 0 Å². The summed E-state index contributed by atoms with van der Waals surface area (Å²) in [4.78, 5) is 26.8. The Morgan fingerprint density at radius 2 is 2.14 bits per heavy atom. The third-order valence-corrected chi connectivity index (χ3v) is 3.98. The second kappa shape index (κ2) is 5.41. The van der Waals surface area contributed by atoms with E-state index in [4.69, 9.17) is 10.5 Å². The predicted molar refractivity (Wildman–Crippen MR) is 71.1 cm³/mol. The maximum atomic E-state index is 13.5. The van der Waals surface area contributed by atoms with Crippen LogP contribution in [0.1, 0.15) is 25.5 Å². The van der Waals surface area contributed by atoms with Crippen molar-refractivity contribution in [2.75, 3.05) is 5.73 Å². The average molecular weight is 313 g/mol. The standard InChI is InChI=1S/C13H16FN3O5/c14-6-4-17(13(21)16-11(6)15)12-10(20)9(19)8(22-12)3-7(18)5-1-2-5/h4-5,8-10,12,19-20H,1-3H2,(H2,15,16,21)/t8-,9-,10-,12-/m1/s1. The van der Waals surface area contributed by atoms with Gasteiger partial charge in [-0.15, -0.1) is 0 Å². The van der Waals surface area contributed by atoms with E-state index in [-0.39, 0.29) is 18.1 Å². The van der Waals surface area contributed by atoms with E-state index in [9.17, 15) is 24.2 Å². The van der Waals surface area contributed by atoms with Crippen molar-refractivity contribution < 1.29 is 24.1 Å². The molecule has 0 radical (unpaired) electrons. The molecule has 1 aromatic rings. The van der Waals surface area contributed by atoms with Crippen LogP contribution < -0.4 is 11.4 Å². The zero-order chi connectivity index (χ0) is 16.0. The molecule has 4 atom stereocenters. The second-order valence-corrected chi connectivity index (χ2v) is 5.65. The largest absolute Gasteiger partial charge is 0.388 e. The highest BCUT2D eigenvalue weighted by Crippen LogP contribution is 2.35. The molecule has 1 aliphatic carbocycles. The van der Waals surface area contributed by atoms with Crippen molar-refractivity contribution in [2.24, 2.45) is 5.92 Å². The highest BCUT2D eigenvalue weighted by atomic mass is 19.1. The fraction of sp³-hybridized carbons (Fsp3) is 0.615. The number of nitrogens with zero attached hydrogens (tertiary/aromatic N) is 2. The summed E-state index contributed by atoms with van der Waals surface area (Å²) < 4.78 is 19.6. The predicted octanol–water partition coefficient (Wildman–Crippen LogP) is -1.05. The van der Waals surface area contributed by atoms with Crippen LogP contribution in [0, 0.1) is 11.7 Å². The lowest BCUT2D eigenvalue weighted by Crippen LogP contribution is -2.36. The number of Topliss-reactive ketones (excluding diaryl/α,β-unsaturated/α-hetero) is 1. The molecule has 1 aromatic heterocycles. The van der Waals surface area contributed by atoms with E-state index in [2.05, 4.69) is 4.98 Å². The number of hydrogen-bond acceptors (Lipinski definition) is 7. The van der Waals surface area contributed by atoms with Crippen molar-refractivity contribution in [3.05, 3.63) is 22.5 Å². The Kier molecular flexibility index (Phi) is 3.71. The molecular formula is C13H16FN3O5. The Balaban J connectivity index is 1.81. The molecule has 0 amide bonds. The van der Waals surface area contributed by atoms with E-state index in [0.717, 1.165) is 23.6 Å². The first kappa shape index (κ1) is 15.1. The minimum atomic E-state index is -1.47. The number of ketones is 1. The number of ether oxygens (including phenoxy) is 1. The van der Waals surface area contributed by atoms with Crippen LogP contribution in [0.15, 0.2) is 11.0 Å². The summed E-state index contributed by atoms with van der Waals surface area (Å²) in [5.41, 5.74) is 4.27. The highest BCUT2D eigenvalue weighted by Gasteiger charge is 2.46. The fourth-order valence-electron chi connectivity index (χ4n) is 2.54. The van der Waals surface area contributed by atoms with E-state index in [1.807, 2.05) is 0 Å². The first-order chi connectivity index (χ1) is 10.4. The summed E-state index contributed by atoms with van der Waals surface area (Å²) in [6.45, 7) is 0. The van der Waals surface area contributed by atoms with Gasteiger partial charge in [0.05, 0.1) is 12.3 Å². The molecule has 2 heterocycles. The number of aliphatic hydroxyl groups excluding tert-OH is 2. The minimum absolute atomic E-state index is 0.00894. The summed E-state index contributed by atoms with van der Waals surface area (Å²) in [7, 11) is 0. The molecule has 1 saturated carbocycles. The van der Waals surface area contributed by atoms with Gasteiger partial charge in [-0.3, -0.25) is 9.36 Å². The number of halogens is 1. The van der Waals surface area contributed by atoms with Crippen LogP contribution in [0.5, 0.6) is 0 Å². The normalized spacial score (nSPS) is 31.4. The summed E-state index contributed by atoms with van der Waals surface area (Å²) >= 11 is 0. The van der Waals surface area contributed by atoms with E-state index < -0.39 is 41.9 Å². The van der Waals surface area contributed by atoms with Gasteiger partial charge < -0.3 is 20.7 Å². The molecule has 120 valence electrons. The molecule has 0 aromatic carbocycles. The van der Waals surface area contributed by atoms with Crippen molar-refractivity contribution in [2.45, 2.75) is 43.8 Å². The van der Waals surface area contributed by atoms with Crippen molar-refractivity contribution >= 4 is 11.6 Å². The van der Waals surface area contributed by atoms with Gasteiger partial charge >= 0.3 is 5.69 Å². The number of carbonyl (C=O) groups is 1. The van der Waals surface area contributed by atoms with Gasteiger partial charge in [0.1, 0.15) is 18.0 Å². The first-order valence-corrected chi connectivity index (χ1v) is 6.97. The van der Waals surface area contributed by atoms with Crippen molar-refractivity contribution in [1.82, 2.24) is 9.55 Å². The summed E-state index contributed by atoms with van der Waals surface area (Å²) in [6, 6.07) is 0. The van der Waals surface area contributed by atoms with Gasteiger partial charge in [0, 0.05) is 12.3 Å². The lowest BCUT2D eigenvalue weighted by molar-refractivity contribution is -0.125. The van der Waals surface area contributed by atoms with Gasteiger partial charge in [-0.1, -0.05) is 0 Å². The number of carbonyl (C=O) groups excluding carboxylic acids is 1. The molecule has 9 heteroatoms. The van der Waals surface area contributed by atoms with Gasteiger partial charge in [0.25, 0.3) is 0 Å². The smallest absolute Gasteiger partial charge is 0.351 e.